The number of hydrogen-bond donors (Lipinski definition) is 0. The molecule has 0 spiro atoms. The average molecular weight is 1190 g/mol. The third-order valence-electron chi connectivity index (χ3n) is 17.4. The Morgan fingerprint density at radius 3 is 0.891 bits per heavy atom. The molecule has 0 aliphatic heterocycles. The number of rotatable bonds is 11. The number of benzene rings is 10. The van der Waals surface area contributed by atoms with Crippen molar-refractivity contribution in [2.24, 2.45) is 0 Å². The molecule has 16 aromatic rings. The molecule has 6 heterocycles. The monoisotopic (exact) mass is 1190 g/mol. The van der Waals surface area contributed by atoms with Crippen molar-refractivity contribution in [1.29, 1.82) is 5.26 Å². The number of halogens is 3. The summed E-state index contributed by atoms with van der Waals surface area (Å²) in [4.78, 5) is 19.1. The average Bonchev–Trinajstić information content (AvgIpc) is 1.54. The van der Waals surface area contributed by atoms with Crippen LogP contribution < -0.4 is 0 Å². The molecular formula is C82H50F3N7. The van der Waals surface area contributed by atoms with Gasteiger partial charge in [-0.3, -0.25) is 19.9 Å². The van der Waals surface area contributed by atoms with Crippen LogP contribution in [0.2, 0.25) is 0 Å². The molecule has 0 radical (unpaired) electrons. The first-order valence-electron chi connectivity index (χ1n) is 30.2. The molecule has 0 fully saturated rings. The van der Waals surface area contributed by atoms with E-state index in [2.05, 4.69) is 112 Å². The molecule has 0 N–H and O–H groups in total. The van der Waals surface area contributed by atoms with E-state index in [9.17, 15) is 5.26 Å². The van der Waals surface area contributed by atoms with Crippen molar-refractivity contribution >= 4 is 43.6 Å². The summed E-state index contributed by atoms with van der Waals surface area (Å²) >= 11 is 0. The second kappa shape index (κ2) is 22.7. The highest BCUT2D eigenvalue weighted by molar-refractivity contribution is 6.14. The molecule has 0 amide bonds. The molecule has 0 unspecified atom stereocenters. The lowest BCUT2D eigenvalue weighted by atomic mass is 9.94. The standard InChI is InChI=1S/C82H50F3N7/c83-82(84,85)71-24-14-13-23-65(71)66-50-81(92-78-31-27-58(62-35-39-89-74(47-62)54-19-9-3-10-20-54)43-69(78)70-44-59(28-32-79(70)92)63-36-40-90-75(48-63)55-21-11-4-12-22-55)80(49-64(66)51-86)91-76-29-25-56(60-33-37-87-72(45-60)52-15-5-1-6-16-52)41-67(76)68-42-57(26-30-77(68)91)61-34-38-88-73(46-61)53-17-7-2-8-18-53/h1-50H. The Bertz CT molecular complexity index is 5300. The Hall–Kier alpha value is -12.3. The zero-order chi connectivity index (χ0) is 61.9. The zero-order valence-corrected chi connectivity index (χ0v) is 49.1. The van der Waals surface area contributed by atoms with Gasteiger partial charge in [0.15, 0.2) is 0 Å². The molecule has 434 valence electrons. The number of fused-ring (bicyclic) bond motifs is 6. The van der Waals surface area contributed by atoms with E-state index >= 15 is 13.2 Å². The van der Waals surface area contributed by atoms with Gasteiger partial charge in [0.05, 0.1) is 73.4 Å². The Morgan fingerprint density at radius 1 is 0.283 bits per heavy atom. The van der Waals surface area contributed by atoms with Crippen molar-refractivity contribution in [3.05, 3.63) is 315 Å². The normalized spacial score (nSPS) is 11.6. The van der Waals surface area contributed by atoms with Crippen LogP contribution in [0.4, 0.5) is 13.2 Å². The maximum Gasteiger partial charge on any atom is 0.417 e. The predicted octanol–water partition coefficient (Wildman–Crippen LogP) is 21.4. The lowest BCUT2D eigenvalue weighted by Crippen LogP contribution is -2.09. The van der Waals surface area contributed by atoms with E-state index in [1.807, 2.05) is 170 Å². The summed E-state index contributed by atoms with van der Waals surface area (Å²) in [6.45, 7) is 0. The molecule has 0 aliphatic rings. The first kappa shape index (κ1) is 55.0. The molecule has 7 nitrogen and oxygen atoms in total. The number of nitriles is 1. The minimum atomic E-state index is -4.74. The van der Waals surface area contributed by atoms with Crippen molar-refractivity contribution in [3.8, 4) is 118 Å². The Balaban J connectivity index is 0.982. The van der Waals surface area contributed by atoms with Gasteiger partial charge in [-0.1, -0.05) is 164 Å². The van der Waals surface area contributed by atoms with Crippen LogP contribution in [0.25, 0.3) is 156 Å². The first-order chi connectivity index (χ1) is 45.2. The van der Waals surface area contributed by atoms with Crippen LogP contribution in [-0.2, 0) is 6.18 Å². The summed E-state index contributed by atoms with van der Waals surface area (Å²) in [6, 6.07) is 93.8. The van der Waals surface area contributed by atoms with Crippen LogP contribution in [0.3, 0.4) is 0 Å². The smallest absolute Gasteiger partial charge is 0.307 e. The van der Waals surface area contributed by atoms with Crippen LogP contribution in [0.5, 0.6) is 0 Å². The first-order valence-corrected chi connectivity index (χ1v) is 30.2. The fraction of sp³-hybridized carbons (Fsp3) is 0.0122. The van der Waals surface area contributed by atoms with Gasteiger partial charge in [0.25, 0.3) is 0 Å². The largest absolute Gasteiger partial charge is 0.417 e. The zero-order valence-electron chi connectivity index (χ0n) is 49.1. The van der Waals surface area contributed by atoms with E-state index < -0.39 is 11.7 Å². The number of pyridine rings is 4. The fourth-order valence-electron chi connectivity index (χ4n) is 13.0. The minimum absolute atomic E-state index is 0.0725. The molecule has 0 atom stereocenters. The molecule has 10 heteroatoms. The minimum Gasteiger partial charge on any atom is -0.307 e. The van der Waals surface area contributed by atoms with Gasteiger partial charge >= 0.3 is 6.18 Å². The molecule has 16 rings (SSSR count). The van der Waals surface area contributed by atoms with E-state index in [0.717, 1.165) is 139 Å². The quantitative estimate of drug-likeness (QED) is 0.129. The van der Waals surface area contributed by atoms with Gasteiger partial charge in [-0.15, -0.1) is 0 Å². The summed E-state index contributed by atoms with van der Waals surface area (Å²) in [5.74, 6) is 0. The van der Waals surface area contributed by atoms with E-state index in [-0.39, 0.29) is 16.7 Å². The molecule has 0 saturated carbocycles. The van der Waals surface area contributed by atoms with Gasteiger partial charge < -0.3 is 9.13 Å². The van der Waals surface area contributed by atoms with Crippen molar-refractivity contribution in [3.63, 3.8) is 0 Å². The van der Waals surface area contributed by atoms with Gasteiger partial charge in [-0.25, -0.2) is 0 Å². The van der Waals surface area contributed by atoms with Crippen LogP contribution in [0, 0.1) is 11.3 Å². The second-order valence-electron chi connectivity index (χ2n) is 22.8. The van der Waals surface area contributed by atoms with Gasteiger partial charge in [-0.05, 0) is 165 Å². The van der Waals surface area contributed by atoms with Gasteiger partial charge in [0.1, 0.15) is 0 Å². The topological polar surface area (TPSA) is 85.2 Å². The van der Waals surface area contributed by atoms with E-state index in [1.165, 1.54) is 12.1 Å². The van der Waals surface area contributed by atoms with Crippen LogP contribution in [0.15, 0.2) is 304 Å². The summed E-state index contributed by atoms with van der Waals surface area (Å²) in [7, 11) is 0. The molecule has 92 heavy (non-hydrogen) atoms. The van der Waals surface area contributed by atoms with Gasteiger partial charge in [-0.2, -0.15) is 18.4 Å². The molecule has 0 saturated heterocycles. The predicted molar refractivity (Wildman–Crippen MR) is 365 cm³/mol. The molecule has 10 aromatic carbocycles. The van der Waals surface area contributed by atoms with Gasteiger partial charge in [0.2, 0.25) is 0 Å². The maximum atomic E-state index is 15.4. The second-order valence-corrected chi connectivity index (χ2v) is 22.8. The number of alkyl halides is 3. The summed E-state index contributed by atoms with van der Waals surface area (Å²) in [5, 5.41) is 15.1. The van der Waals surface area contributed by atoms with Crippen LogP contribution in [0.1, 0.15) is 11.1 Å². The summed E-state index contributed by atoms with van der Waals surface area (Å²) < 4.78 is 50.6. The molecule has 6 aromatic heterocycles. The van der Waals surface area contributed by atoms with Crippen LogP contribution >= 0.6 is 0 Å². The lowest BCUT2D eigenvalue weighted by molar-refractivity contribution is -0.137. The SMILES string of the molecule is N#Cc1cc(-n2c3ccc(-c4ccnc(-c5ccccc5)c4)cc3c3cc(-c4ccnc(-c5ccccc5)c4)ccc32)c(-n2c3ccc(-c4ccnc(-c5ccccc5)c4)cc3c3cc(-c4ccnc(-c5ccccc5)c4)ccc32)cc1-c1ccccc1C(F)(F)F. The van der Waals surface area contributed by atoms with E-state index in [4.69, 9.17) is 19.9 Å². The highest BCUT2D eigenvalue weighted by Gasteiger charge is 2.35. The van der Waals surface area contributed by atoms with Crippen molar-refractivity contribution in [2.75, 3.05) is 0 Å². The Morgan fingerprint density at radius 2 is 0.576 bits per heavy atom. The highest BCUT2D eigenvalue weighted by Crippen LogP contribution is 2.46. The van der Waals surface area contributed by atoms with E-state index in [1.54, 1.807) is 18.2 Å². The van der Waals surface area contributed by atoms with E-state index in [0.29, 0.717) is 11.4 Å². The van der Waals surface area contributed by atoms with Crippen molar-refractivity contribution in [1.82, 2.24) is 29.1 Å². The Labute approximate surface area is 527 Å². The van der Waals surface area contributed by atoms with Crippen molar-refractivity contribution in [2.45, 2.75) is 6.18 Å². The number of nitrogens with zero attached hydrogens (tertiary/aromatic N) is 7. The number of aromatic nitrogens is 6. The summed E-state index contributed by atoms with van der Waals surface area (Å²) in [6.07, 6.45) is 2.59. The van der Waals surface area contributed by atoms with Crippen LogP contribution in [-0.4, -0.2) is 29.1 Å². The number of hydrogen-bond acceptors (Lipinski definition) is 5. The van der Waals surface area contributed by atoms with Crippen molar-refractivity contribution < 1.29 is 13.2 Å². The molecule has 0 bridgehead atoms. The Kier molecular flexibility index (Phi) is 13.6. The lowest BCUT2D eigenvalue weighted by Gasteiger charge is -2.21. The third-order valence-corrected chi connectivity index (χ3v) is 17.4. The molecular weight excluding hydrogens is 1140 g/mol. The highest BCUT2D eigenvalue weighted by atomic mass is 19.4. The van der Waals surface area contributed by atoms with Gasteiger partial charge in [0, 0.05) is 74.1 Å². The fourth-order valence-corrected chi connectivity index (χ4v) is 13.0. The molecule has 0 aliphatic carbocycles. The maximum absolute atomic E-state index is 15.4. The summed E-state index contributed by atoms with van der Waals surface area (Å²) in [5.41, 5.74) is 18.6. The third kappa shape index (κ3) is 9.91.